The van der Waals surface area contributed by atoms with Gasteiger partial charge in [-0.05, 0) is 42.0 Å². The fourth-order valence-electron chi connectivity index (χ4n) is 2.51. The van der Waals surface area contributed by atoms with E-state index < -0.39 is 0 Å². The molecule has 0 radical (unpaired) electrons. The summed E-state index contributed by atoms with van der Waals surface area (Å²) in [6.45, 7) is 0.827. The number of nitrogens with zero attached hydrogens (tertiary/aromatic N) is 2. The summed E-state index contributed by atoms with van der Waals surface area (Å²) in [5, 5.41) is 6.02. The molecule has 130 valence electrons. The lowest BCUT2D eigenvalue weighted by atomic mass is 10.2. The maximum atomic E-state index is 12.3. The second kappa shape index (κ2) is 7.10. The Morgan fingerprint density at radius 3 is 2.81 bits per heavy atom. The van der Waals surface area contributed by atoms with Crippen LogP contribution in [0.2, 0.25) is 0 Å². The van der Waals surface area contributed by atoms with Crippen molar-refractivity contribution in [3.63, 3.8) is 0 Å². The van der Waals surface area contributed by atoms with E-state index in [0.29, 0.717) is 29.4 Å². The van der Waals surface area contributed by atoms with Gasteiger partial charge in [-0.1, -0.05) is 6.07 Å². The molecule has 1 aliphatic rings. The Kier molecular flexibility index (Phi) is 4.34. The number of aromatic nitrogens is 2. The number of hydrogen-bond acceptors (Lipinski definition) is 6. The van der Waals surface area contributed by atoms with Crippen molar-refractivity contribution in [2.45, 2.75) is 6.54 Å². The van der Waals surface area contributed by atoms with Gasteiger partial charge < -0.3 is 20.1 Å². The van der Waals surface area contributed by atoms with Crippen molar-refractivity contribution in [1.29, 1.82) is 0 Å². The van der Waals surface area contributed by atoms with Gasteiger partial charge in [-0.25, -0.2) is 4.98 Å². The number of carbonyl (C=O) groups is 1. The lowest BCUT2D eigenvalue weighted by Crippen LogP contribution is -2.13. The number of anilines is 2. The number of fused-ring (bicyclic) bond motifs is 1. The number of amides is 1. The first kappa shape index (κ1) is 15.9. The summed E-state index contributed by atoms with van der Waals surface area (Å²) in [6.07, 6.45) is 5.22. The average Bonchev–Trinajstić information content (AvgIpc) is 3.16. The quantitative estimate of drug-likeness (QED) is 0.737. The standard InChI is InChI=1S/C19H16N4O3/c24-19(14-3-5-16-17(8-14)26-12-25-16)23-18-6-4-15(11-22-18)21-10-13-2-1-7-20-9-13/h1-9,11,21H,10,12H2,(H,22,23,24). The molecule has 0 aliphatic carbocycles. The third kappa shape index (κ3) is 3.56. The van der Waals surface area contributed by atoms with Crippen LogP contribution in [-0.2, 0) is 6.54 Å². The average molecular weight is 348 g/mol. The first-order chi connectivity index (χ1) is 12.8. The second-order valence-corrected chi connectivity index (χ2v) is 5.67. The van der Waals surface area contributed by atoms with Gasteiger partial charge in [0.15, 0.2) is 11.5 Å². The van der Waals surface area contributed by atoms with Crippen molar-refractivity contribution in [3.05, 3.63) is 72.2 Å². The summed E-state index contributed by atoms with van der Waals surface area (Å²) < 4.78 is 10.5. The van der Waals surface area contributed by atoms with E-state index in [1.165, 1.54) is 0 Å². The van der Waals surface area contributed by atoms with Crippen LogP contribution in [0.25, 0.3) is 0 Å². The molecule has 4 rings (SSSR count). The van der Waals surface area contributed by atoms with Crippen molar-refractivity contribution in [2.24, 2.45) is 0 Å². The molecule has 3 aromatic rings. The Hall–Kier alpha value is -3.61. The smallest absolute Gasteiger partial charge is 0.256 e. The van der Waals surface area contributed by atoms with Crippen LogP contribution in [0.4, 0.5) is 11.5 Å². The van der Waals surface area contributed by atoms with Crippen molar-refractivity contribution < 1.29 is 14.3 Å². The minimum Gasteiger partial charge on any atom is -0.454 e. The number of carbonyl (C=O) groups excluding carboxylic acids is 1. The van der Waals surface area contributed by atoms with Gasteiger partial charge >= 0.3 is 0 Å². The molecule has 26 heavy (non-hydrogen) atoms. The third-order valence-corrected chi connectivity index (χ3v) is 3.86. The molecule has 0 saturated carbocycles. The Morgan fingerprint density at radius 1 is 1.08 bits per heavy atom. The maximum absolute atomic E-state index is 12.3. The minimum atomic E-state index is -0.258. The number of ether oxygens (including phenoxy) is 2. The van der Waals surface area contributed by atoms with Crippen LogP contribution < -0.4 is 20.1 Å². The summed E-state index contributed by atoms with van der Waals surface area (Å²) >= 11 is 0. The van der Waals surface area contributed by atoms with E-state index in [2.05, 4.69) is 20.6 Å². The summed E-state index contributed by atoms with van der Waals surface area (Å²) in [7, 11) is 0. The SMILES string of the molecule is O=C(Nc1ccc(NCc2cccnc2)cn1)c1ccc2c(c1)OCO2. The predicted molar refractivity (Wildman–Crippen MR) is 96.3 cm³/mol. The van der Waals surface area contributed by atoms with Gasteiger partial charge in [0.1, 0.15) is 5.82 Å². The minimum absolute atomic E-state index is 0.176. The molecule has 0 bridgehead atoms. The van der Waals surface area contributed by atoms with Crippen LogP contribution in [0, 0.1) is 0 Å². The van der Waals surface area contributed by atoms with Gasteiger partial charge in [-0.15, -0.1) is 0 Å². The Labute approximate surface area is 150 Å². The van der Waals surface area contributed by atoms with Gasteiger partial charge in [0.2, 0.25) is 6.79 Å². The zero-order valence-electron chi connectivity index (χ0n) is 13.8. The van der Waals surface area contributed by atoms with Gasteiger partial charge in [0.05, 0.1) is 11.9 Å². The van der Waals surface area contributed by atoms with E-state index in [0.717, 1.165) is 11.3 Å². The largest absolute Gasteiger partial charge is 0.454 e. The molecular formula is C19H16N4O3. The van der Waals surface area contributed by atoms with Gasteiger partial charge in [-0.2, -0.15) is 0 Å². The van der Waals surface area contributed by atoms with Crippen LogP contribution in [0.5, 0.6) is 11.5 Å². The summed E-state index contributed by atoms with van der Waals surface area (Å²) in [5.74, 6) is 1.43. The van der Waals surface area contributed by atoms with E-state index in [4.69, 9.17) is 9.47 Å². The molecule has 3 heterocycles. The lowest BCUT2D eigenvalue weighted by Gasteiger charge is -2.08. The summed E-state index contributed by atoms with van der Waals surface area (Å²) in [5.41, 5.74) is 2.41. The zero-order chi connectivity index (χ0) is 17.8. The number of hydrogen-bond donors (Lipinski definition) is 2. The number of benzene rings is 1. The topological polar surface area (TPSA) is 85.4 Å². The van der Waals surface area contributed by atoms with Crippen LogP contribution in [0.15, 0.2) is 61.1 Å². The van der Waals surface area contributed by atoms with E-state index in [1.54, 1.807) is 42.9 Å². The first-order valence-corrected chi connectivity index (χ1v) is 8.08. The van der Waals surface area contributed by atoms with Gasteiger partial charge in [0, 0.05) is 24.5 Å². The number of rotatable bonds is 5. The highest BCUT2D eigenvalue weighted by molar-refractivity contribution is 6.04. The van der Waals surface area contributed by atoms with Crippen LogP contribution in [-0.4, -0.2) is 22.7 Å². The first-order valence-electron chi connectivity index (χ1n) is 8.08. The second-order valence-electron chi connectivity index (χ2n) is 5.67. The van der Waals surface area contributed by atoms with E-state index in [9.17, 15) is 4.79 Å². The van der Waals surface area contributed by atoms with Crippen LogP contribution in [0.1, 0.15) is 15.9 Å². The monoisotopic (exact) mass is 348 g/mol. The van der Waals surface area contributed by atoms with Gasteiger partial charge in [-0.3, -0.25) is 9.78 Å². The van der Waals surface area contributed by atoms with E-state index in [1.807, 2.05) is 18.2 Å². The Morgan fingerprint density at radius 2 is 2.00 bits per heavy atom. The van der Waals surface area contributed by atoms with Crippen LogP contribution in [0.3, 0.4) is 0 Å². The molecular weight excluding hydrogens is 332 g/mol. The molecule has 1 amide bonds. The fraction of sp³-hybridized carbons (Fsp3) is 0.105. The molecule has 2 N–H and O–H groups in total. The molecule has 2 aromatic heterocycles. The highest BCUT2D eigenvalue weighted by atomic mass is 16.7. The lowest BCUT2D eigenvalue weighted by molar-refractivity contribution is 0.102. The molecule has 0 fully saturated rings. The molecule has 0 saturated heterocycles. The maximum Gasteiger partial charge on any atom is 0.256 e. The summed E-state index contributed by atoms with van der Waals surface area (Å²) in [4.78, 5) is 20.7. The van der Waals surface area contributed by atoms with Gasteiger partial charge in [0.25, 0.3) is 5.91 Å². The molecule has 1 aliphatic heterocycles. The van der Waals surface area contributed by atoms with Crippen LogP contribution >= 0.6 is 0 Å². The summed E-state index contributed by atoms with van der Waals surface area (Å²) in [6, 6.07) is 12.6. The van der Waals surface area contributed by atoms with Crippen molar-refractivity contribution in [1.82, 2.24) is 9.97 Å². The molecule has 0 unspecified atom stereocenters. The Bertz CT molecular complexity index is 914. The molecule has 0 atom stereocenters. The highest BCUT2D eigenvalue weighted by Crippen LogP contribution is 2.32. The molecule has 7 heteroatoms. The van der Waals surface area contributed by atoms with E-state index in [-0.39, 0.29) is 12.7 Å². The number of pyridine rings is 2. The Balaban J connectivity index is 1.37. The number of nitrogens with one attached hydrogen (secondary N) is 2. The highest BCUT2D eigenvalue weighted by Gasteiger charge is 2.16. The van der Waals surface area contributed by atoms with Crippen molar-refractivity contribution in [3.8, 4) is 11.5 Å². The van der Waals surface area contributed by atoms with E-state index >= 15 is 0 Å². The van der Waals surface area contributed by atoms with Crippen molar-refractivity contribution in [2.75, 3.05) is 17.4 Å². The predicted octanol–water partition coefficient (Wildman–Crippen LogP) is 3.07. The molecule has 1 aromatic carbocycles. The van der Waals surface area contributed by atoms with Crippen molar-refractivity contribution >= 4 is 17.4 Å². The fourth-order valence-corrected chi connectivity index (χ4v) is 2.51. The third-order valence-electron chi connectivity index (χ3n) is 3.86. The molecule has 7 nitrogen and oxygen atoms in total. The normalized spacial score (nSPS) is 11.8. The molecule has 0 spiro atoms. The zero-order valence-corrected chi connectivity index (χ0v) is 13.8.